The van der Waals surface area contributed by atoms with Gasteiger partial charge in [0.2, 0.25) is 0 Å². The maximum absolute atomic E-state index is 8.69. The second-order valence-corrected chi connectivity index (χ2v) is 2.48. The van der Waals surface area contributed by atoms with Crippen molar-refractivity contribution in [2.24, 2.45) is 0 Å². The topological polar surface area (TPSA) is 49.7 Å². The van der Waals surface area contributed by atoms with Crippen LogP contribution in [-0.2, 0) is 4.89 Å². The Bertz CT molecular complexity index is 111. The van der Waals surface area contributed by atoms with Gasteiger partial charge in [-0.25, -0.2) is 4.89 Å². The number of rotatable bonds is 2. The van der Waals surface area contributed by atoms with Crippen molar-refractivity contribution in [1.29, 1.82) is 0 Å². The summed E-state index contributed by atoms with van der Waals surface area (Å²) >= 11 is 0. The van der Waals surface area contributed by atoms with Crippen molar-refractivity contribution >= 4 is 0 Å². The number of aliphatic hydroxyl groups excluding tert-OH is 1. The third-order valence-electron chi connectivity index (χ3n) is 0.792. The first-order valence-electron chi connectivity index (χ1n) is 2.69. The molecule has 0 aliphatic heterocycles. The van der Waals surface area contributed by atoms with E-state index < -0.39 is 5.60 Å². The van der Waals surface area contributed by atoms with Crippen LogP contribution in [0, 0.1) is 0 Å². The molecule has 2 N–H and O–H groups in total. The molecule has 0 aromatic rings. The summed E-state index contributed by atoms with van der Waals surface area (Å²) in [5.41, 5.74) is -0.793. The molecule has 0 fully saturated rings. The highest BCUT2D eigenvalue weighted by Gasteiger charge is 2.14. The molecular weight excluding hydrogens is 120 g/mol. The lowest BCUT2D eigenvalue weighted by molar-refractivity contribution is -0.297. The van der Waals surface area contributed by atoms with Gasteiger partial charge in [0, 0.05) is 0 Å². The molecule has 9 heavy (non-hydrogen) atoms. The van der Waals surface area contributed by atoms with E-state index in [1.165, 1.54) is 13.0 Å². The molecule has 0 aliphatic rings. The number of hydrogen-bond donors (Lipinski definition) is 2. The van der Waals surface area contributed by atoms with Crippen molar-refractivity contribution in [3.05, 3.63) is 11.8 Å². The maximum Gasteiger partial charge on any atom is 0.119 e. The van der Waals surface area contributed by atoms with Crippen molar-refractivity contribution in [3.8, 4) is 0 Å². The van der Waals surface area contributed by atoms with Gasteiger partial charge in [0.15, 0.2) is 0 Å². The molecule has 0 amide bonds. The summed E-state index contributed by atoms with van der Waals surface area (Å²) in [4.78, 5) is 4.01. The van der Waals surface area contributed by atoms with E-state index in [4.69, 9.17) is 10.4 Å². The molecule has 0 rings (SSSR count). The average molecular weight is 132 g/mol. The lowest BCUT2D eigenvalue weighted by Gasteiger charge is -2.14. The van der Waals surface area contributed by atoms with Gasteiger partial charge in [-0.3, -0.25) is 5.26 Å². The molecule has 0 unspecified atom stereocenters. The lowest BCUT2D eigenvalue weighted by Crippen LogP contribution is -2.19. The van der Waals surface area contributed by atoms with E-state index in [2.05, 4.69) is 4.89 Å². The molecule has 0 atom stereocenters. The van der Waals surface area contributed by atoms with E-state index in [1.54, 1.807) is 13.8 Å². The van der Waals surface area contributed by atoms with Crippen molar-refractivity contribution in [3.63, 3.8) is 0 Å². The summed E-state index contributed by atoms with van der Waals surface area (Å²) in [7, 11) is 0. The molecule has 0 heterocycles. The Labute approximate surface area is 54.5 Å². The number of hydrogen-bond acceptors (Lipinski definition) is 3. The van der Waals surface area contributed by atoms with Crippen LogP contribution < -0.4 is 0 Å². The zero-order chi connectivity index (χ0) is 7.49. The van der Waals surface area contributed by atoms with Crippen molar-refractivity contribution < 1.29 is 15.3 Å². The first-order chi connectivity index (χ1) is 3.98. The van der Waals surface area contributed by atoms with E-state index in [0.717, 1.165) is 0 Å². The Morgan fingerprint density at radius 3 is 2.11 bits per heavy atom. The first-order valence-corrected chi connectivity index (χ1v) is 2.69. The van der Waals surface area contributed by atoms with Gasteiger partial charge in [0.05, 0.1) is 5.76 Å². The highest BCUT2D eigenvalue weighted by Crippen LogP contribution is 2.10. The van der Waals surface area contributed by atoms with Gasteiger partial charge < -0.3 is 5.11 Å². The van der Waals surface area contributed by atoms with Crippen LogP contribution in [0.2, 0.25) is 0 Å². The van der Waals surface area contributed by atoms with Crippen LogP contribution in [0.4, 0.5) is 0 Å². The van der Waals surface area contributed by atoms with E-state index in [0.29, 0.717) is 0 Å². The summed E-state index contributed by atoms with van der Waals surface area (Å²) in [6.07, 6.45) is 1.41. The highest BCUT2D eigenvalue weighted by molar-refractivity contribution is 4.98. The van der Waals surface area contributed by atoms with Crippen LogP contribution in [0.5, 0.6) is 0 Å². The molecule has 0 aromatic heterocycles. The van der Waals surface area contributed by atoms with E-state index in [9.17, 15) is 0 Å². The fourth-order valence-corrected chi connectivity index (χ4v) is 0.529. The van der Waals surface area contributed by atoms with Gasteiger partial charge in [0.1, 0.15) is 5.60 Å². The minimum atomic E-state index is -0.793. The second kappa shape index (κ2) is 2.85. The standard InChI is InChI=1S/C6H12O3/c1-5(7)4-6(2,3)9-8/h4,7-8H,1-3H3/b5-4+. The molecule has 0 spiro atoms. The fourth-order valence-electron chi connectivity index (χ4n) is 0.529. The minimum Gasteiger partial charge on any atom is -0.513 e. The average Bonchev–Trinajstić information content (AvgIpc) is 1.63. The first kappa shape index (κ1) is 8.46. The SMILES string of the molecule is C/C(O)=C\C(C)(C)OO. The summed E-state index contributed by atoms with van der Waals surface area (Å²) < 4.78 is 0. The smallest absolute Gasteiger partial charge is 0.119 e. The summed E-state index contributed by atoms with van der Waals surface area (Å²) in [5, 5.41) is 16.9. The monoisotopic (exact) mass is 132 g/mol. The van der Waals surface area contributed by atoms with Crippen LogP contribution >= 0.6 is 0 Å². The number of aliphatic hydroxyl groups is 1. The largest absolute Gasteiger partial charge is 0.513 e. The van der Waals surface area contributed by atoms with Crippen LogP contribution in [0.3, 0.4) is 0 Å². The highest BCUT2D eigenvalue weighted by atomic mass is 17.1. The molecule has 0 saturated heterocycles. The summed E-state index contributed by atoms with van der Waals surface area (Å²) in [5.74, 6) is 0.133. The van der Waals surface area contributed by atoms with Crippen LogP contribution in [-0.4, -0.2) is 16.0 Å². The van der Waals surface area contributed by atoms with Crippen LogP contribution in [0.1, 0.15) is 20.8 Å². The molecule has 0 aromatic carbocycles. The predicted octanol–water partition coefficient (Wildman–Crippen LogP) is 1.72. The minimum absolute atomic E-state index is 0.133. The molecule has 0 bridgehead atoms. The van der Waals surface area contributed by atoms with Crippen molar-refractivity contribution in [1.82, 2.24) is 0 Å². The van der Waals surface area contributed by atoms with Gasteiger partial charge in [-0.15, -0.1) is 0 Å². The summed E-state index contributed by atoms with van der Waals surface area (Å²) in [6.45, 7) is 4.78. The Hall–Kier alpha value is -0.540. The second-order valence-electron chi connectivity index (χ2n) is 2.48. The zero-order valence-electron chi connectivity index (χ0n) is 5.88. The van der Waals surface area contributed by atoms with Gasteiger partial charge in [-0.2, -0.15) is 0 Å². The third-order valence-corrected chi connectivity index (χ3v) is 0.792. The molecule has 54 valence electrons. The van der Waals surface area contributed by atoms with E-state index in [-0.39, 0.29) is 5.76 Å². The van der Waals surface area contributed by atoms with Crippen molar-refractivity contribution in [2.45, 2.75) is 26.4 Å². The van der Waals surface area contributed by atoms with Gasteiger partial charge >= 0.3 is 0 Å². The Morgan fingerprint density at radius 1 is 1.56 bits per heavy atom. The third kappa shape index (κ3) is 4.00. The number of allylic oxidation sites excluding steroid dienone is 1. The lowest BCUT2D eigenvalue weighted by atomic mass is 10.1. The molecule has 3 heteroatoms. The normalized spacial score (nSPS) is 14.0. The summed E-state index contributed by atoms with van der Waals surface area (Å²) in [6, 6.07) is 0. The predicted molar refractivity (Wildman–Crippen MR) is 34.2 cm³/mol. The fraction of sp³-hybridized carbons (Fsp3) is 0.667. The Morgan fingerprint density at radius 2 is 2.00 bits per heavy atom. The Balaban J connectivity index is 4.01. The van der Waals surface area contributed by atoms with Gasteiger partial charge in [0.25, 0.3) is 0 Å². The van der Waals surface area contributed by atoms with Crippen molar-refractivity contribution in [2.75, 3.05) is 0 Å². The zero-order valence-corrected chi connectivity index (χ0v) is 5.88. The van der Waals surface area contributed by atoms with Gasteiger partial charge in [-0.05, 0) is 26.8 Å². The van der Waals surface area contributed by atoms with Crippen LogP contribution in [0.25, 0.3) is 0 Å². The van der Waals surface area contributed by atoms with Crippen LogP contribution in [0.15, 0.2) is 11.8 Å². The van der Waals surface area contributed by atoms with E-state index >= 15 is 0 Å². The molecule has 0 saturated carbocycles. The quantitative estimate of drug-likeness (QED) is 0.341. The molecule has 0 radical (unpaired) electrons. The van der Waals surface area contributed by atoms with Gasteiger partial charge in [-0.1, -0.05) is 0 Å². The van der Waals surface area contributed by atoms with E-state index in [1.807, 2.05) is 0 Å². The maximum atomic E-state index is 8.69. The molecule has 0 aliphatic carbocycles. The molecular formula is C6H12O3. The Kier molecular flexibility index (Phi) is 2.67. The molecule has 3 nitrogen and oxygen atoms in total.